The monoisotopic (exact) mass is 305 g/mol. The second kappa shape index (κ2) is 6.82. The van der Waals surface area contributed by atoms with Crippen LogP contribution in [-0.2, 0) is 4.79 Å². The molecule has 5 nitrogen and oxygen atoms in total. The van der Waals surface area contributed by atoms with Crippen LogP contribution in [0.1, 0.15) is 57.6 Å². The van der Waals surface area contributed by atoms with Crippen molar-refractivity contribution in [1.82, 2.24) is 10.1 Å². The van der Waals surface area contributed by atoms with Gasteiger partial charge in [-0.3, -0.25) is 15.0 Å². The van der Waals surface area contributed by atoms with E-state index in [1.165, 1.54) is 32.1 Å². The highest BCUT2D eigenvalue weighted by atomic mass is 16.5. The zero-order chi connectivity index (χ0) is 15.5. The average Bonchev–Trinajstić information content (AvgIpc) is 2.95. The van der Waals surface area contributed by atoms with Crippen LogP contribution < -0.4 is 5.32 Å². The summed E-state index contributed by atoms with van der Waals surface area (Å²) in [5.41, 5.74) is 0.873. The maximum absolute atomic E-state index is 12.2. The van der Waals surface area contributed by atoms with E-state index in [0.717, 1.165) is 30.6 Å². The predicted octanol–water partition coefficient (Wildman–Crippen LogP) is 3.25. The van der Waals surface area contributed by atoms with Crippen molar-refractivity contribution in [3.05, 3.63) is 11.8 Å². The highest BCUT2D eigenvalue weighted by Gasteiger charge is 2.31. The molecule has 1 saturated carbocycles. The van der Waals surface area contributed by atoms with Gasteiger partial charge >= 0.3 is 0 Å². The number of carbonyl (C=O) groups excluding carboxylic acids is 1. The molecule has 2 unspecified atom stereocenters. The highest BCUT2D eigenvalue weighted by molar-refractivity contribution is 5.90. The topological polar surface area (TPSA) is 58.4 Å². The third-order valence-electron chi connectivity index (χ3n) is 5.13. The second-order valence-corrected chi connectivity index (χ2v) is 7.15. The van der Waals surface area contributed by atoms with Gasteiger partial charge in [0, 0.05) is 12.6 Å². The summed E-state index contributed by atoms with van der Waals surface area (Å²) in [5.74, 6) is 2.46. The first kappa shape index (κ1) is 15.5. The molecule has 1 aromatic rings. The third-order valence-corrected chi connectivity index (χ3v) is 5.13. The Bertz CT molecular complexity index is 512. The molecule has 2 fully saturated rings. The fourth-order valence-corrected chi connectivity index (χ4v) is 3.82. The Morgan fingerprint density at radius 2 is 2.14 bits per heavy atom. The molecule has 2 heterocycles. The Balaban J connectivity index is 1.49. The van der Waals surface area contributed by atoms with Crippen LogP contribution in [-0.4, -0.2) is 35.6 Å². The van der Waals surface area contributed by atoms with Crippen LogP contribution in [0.25, 0.3) is 0 Å². The molecule has 1 aliphatic carbocycles. The Hall–Kier alpha value is -1.36. The van der Waals surface area contributed by atoms with Crippen LogP contribution in [0.5, 0.6) is 0 Å². The van der Waals surface area contributed by atoms with Crippen molar-refractivity contribution >= 4 is 11.8 Å². The fourth-order valence-electron chi connectivity index (χ4n) is 3.82. The normalized spacial score (nSPS) is 26.0. The van der Waals surface area contributed by atoms with Crippen molar-refractivity contribution in [2.45, 2.75) is 51.9 Å². The van der Waals surface area contributed by atoms with Crippen LogP contribution in [0.15, 0.2) is 10.6 Å². The summed E-state index contributed by atoms with van der Waals surface area (Å²) in [5, 5.41) is 6.79. The summed E-state index contributed by atoms with van der Waals surface area (Å²) in [6, 6.07) is 1.82. The minimum absolute atomic E-state index is 0.000663. The number of likely N-dealkylation sites (tertiary alicyclic amines) is 1. The van der Waals surface area contributed by atoms with Gasteiger partial charge in [0.2, 0.25) is 11.8 Å². The molecule has 1 saturated heterocycles. The van der Waals surface area contributed by atoms with E-state index in [-0.39, 0.29) is 5.91 Å². The number of nitrogens with one attached hydrogen (secondary N) is 1. The Morgan fingerprint density at radius 1 is 1.36 bits per heavy atom. The maximum Gasteiger partial charge on any atom is 0.240 e. The second-order valence-electron chi connectivity index (χ2n) is 7.15. The summed E-state index contributed by atoms with van der Waals surface area (Å²) >= 11 is 0. The number of hydrogen-bond acceptors (Lipinski definition) is 4. The smallest absolute Gasteiger partial charge is 0.240 e. The Morgan fingerprint density at radius 3 is 2.86 bits per heavy atom. The molecular weight excluding hydrogens is 278 g/mol. The lowest BCUT2D eigenvalue weighted by atomic mass is 9.75. The lowest BCUT2D eigenvalue weighted by Crippen LogP contribution is -2.44. The zero-order valence-electron chi connectivity index (χ0n) is 13.7. The SMILES string of the molecule is CC(C)c1cc(NC(=O)CN2CCC3CCCCC3C2)on1. The number of nitrogens with zero attached hydrogens (tertiary/aromatic N) is 2. The maximum atomic E-state index is 12.2. The summed E-state index contributed by atoms with van der Waals surface area (Å²) in [6.07, 6.45) is 6.73. The van der Waals surface area contributed by atoms with Crippen molar-refractivity contribution in [1.29, 1.82) is 0 Å². The highest BCUT2D eigenvalue weighted by Crippen LogP contribution is 2.35. The van der Waals surface area contributed by atoms with Gasteiger partial charge in [-0.05, 0) is 37.1 Å². The lowest BCUT2D eigenvalue weighted by Gasteiger charge is -2.40. The summed E-state index contributed by atoms with van der Waals surface area (Å²) in [6.45, 7) is 6.68. The van der Waals surface area contributed by atoms with Gasteiger partial charge < -0.3 is 4.52 Å². The quantitative estimate of drug-likeness (QED) is 0.927. The molecule has 1 amide bonds. The Kier molecular flexibility index (Phi) is 4.81. The van der Waals surface area contributed by atoms with Crippen LogP contribution in [0.4, 0.5) is 5.88 Å². The van der Waals surface area contributed by atoms with E-state index in [9.17, 15) is 4.79 Å². The number of rotatable bonds is 4. The molecule has 2 aliphatic rings. The average molecular weight is 305 g/mol. The van der Waals surface area contributed by atoms with Gasteiger partial charge in [0.05, 0.1) is 12.2 Å². The van der Waals surface area contributed by atoms with Gasteiger partial charge in [-0.2, -0.15) is 0 Å². The van der Waals surface area contributed by atoms with Gasteiger partial charge in [-0.25, -0.2) is 0 Å². The minimum Gasteiger partial charge on any atom is -0.338 e. The van der Waals surface area contributed by atoms with Gasteiger partial charge in [0.15, 0.2) is 0 Å². The van der Waals surface area contributed by atoms with E-state index < -0.39 is 0 Å². The molecule has 2 atom stereocenters. The molecule has 0 spiro atoms. The van der Waals surface area contributed by atoms with Crippen molar-refractivity contribution < 1.29 is 9.32 Å². The molecule has 3 rings (SSSR count). The van der Waals surface area contributed by atoms with Crippen molar-refractivity contribution in [3.8, 4) is 0 Å². The van der Waals surface area contributed by atoms with Crippen LogP contribution >= 0.6 is 0 Å². The minimum atomic E-state index is 0.000663. The van der Waals surface area contributed by atoms with Crippen LogP contribution in [0.3, 0.4) is 0 Å². The lowest BCUT2D eigenvalue weighted by molar-refractivity contribution is -0.118. The molecular formula is C17H27N3O2. The zero-order valence-corrected chi connectivity index (χ0v) is 13.7. The first-order chi connectivity index (χ1) is 10.6. The number of carbonyl (C=O) groups is 1. The van der Waals surface area contributed by atoms with E-state index >= 15 is 0 Å². The molecule has 1 aliphatic heterocycles. The van der Waals surface area contributed by atoms with Crippen molar-refractivity contribution in [2.75, 3.05) is 25.0 Å². The number of hydrogen-bond donors (Lipinski definition) is 1. The number of piperidine rings is 1. The van der Waals surface area contributed by atoms with E-state index in [2.05, 4.69) is 29.2 Å². The molecule has 0 bridgehead atoms. The largest absolute Gasteiger partial charge is 0.338 e. The standard InChI is InChI=1S/C17H27N3O2/c1-12(2)15-9-17(22-19-15)18-16(21)11-20-8-7-13-5-3-4-6-14(13)10-20/h9,12-14H,3-8,10-11H2,1-2H3,(H,18,21). The number of fused-ring (bicyclic) bond motifs is 1. The van der Waals surface area contributed by atoms with Gasteiger partial charge in [0.1, 0.15) is 0 Å². The van der Waals surface area contributed by atoms with E-state index in [4.69, 9.17) is 4.52 Å². The molecule has 5 heteroatoms. The van der Waals surface area contributed by atoms with Crippen LogP contribution in [0.2, 0.25) is 0 Å². The number of anilines is 1. The molecule has 1 N–H and O–H groups in total. The molecule has 0 radical (unpaired) electrons. The summed E-state index contributed by atoms with van der Waals surface area (Å²) in [7, 11) is 0. The van der Waals surface area contributed by atoms with Gasteiger partial charge in [-0.15, -0.1) is 0 Å². The summed E-state index contributed by atoms with van der Waals surface area (Å²) < 4.78 is 5.17. The molecule has 0 aromatic carbocycles. The molecule has 22 heavy (non-hydrogen) atoms. The number of aromatic nitrogens is 1. The van der Waals surface area contributed by atoms with E-state index in [1.54, 1.807) is 0 Å². The van der Waals surface area contributed by atoms with Gasteiger partial charge in [0.25, 0.3) is 0 Å². The molecule has 1 aromatic heterocycles. The molecule has 122 valence electrons. The Labute approximate surface area is 132 Å². The third kappa shape index (κ3) is 3.69. The van der Waals surface area contributed by atoms with Crippen molar-refractivity contribution in [3.63, 3.8) is 0 Å². The van der Waals surface area contributed by atoms with E-state index in [0.29, 0.717) is 18.3 Å². The summed E-state index contributed by atoms with van der Waals surface area (Å²) in [4.78, 5) is 14.5. The first-order valence-corrected chi connectivity index (χ1v) is 8.60. The van der Waals surface area contributed by atoms with Gasteiger partial charge in [-0.1, -0.05) is 38.3 Å². The van der Waals surface area contributed by atoms with E-state index in [1.807, 2.05) is 6.07 Å². The van der Waals surface area contributed by atoms with Crippen LogP contribution in [0, 0.1) is 11.8 Å². The predicted molar refractivity (Wildman–Crippen MR) is 85.7 cm³/mol. The van der Waals surface area contributed by atoms with Crippen molar-refractivity contribution in [2.24, 2.45) is 11.8 Å². The number of amides is 1. The fraction of sp³-hybridized carbons (Fsp3) is 0.765. The first-order valence-electron chi connectivity index (χ1n) is 8.60.